The van der Waals surface area contributed by atoms with Gasteiger partial charge in [0.2, 0.25) is 0 Å². The van der Waals surface area contributed by atoms with Gasteiger partial charge in [0.15, 0.2) is 5.78 Å². The first-order valence-corrected chi connectivity index (χ1v) is 19.5. The first kappa shape index (κ1) is 31.6. The quantitative estimate of drug-likeness (QED) is 0.0840. The van der Waals surface area contributed by atoms with Crippen molar-refractivity contribution < 1.29 is 46.8 Å². The summed E-state index contributed by atoms with van der Waals surface area (Å²) in [5.41, 5.74) is 4.15. The number of aliphatic hydroxyl groups excluding tert-OH is 1. The van der Waals surface area contributed by atoms with Crippen LogP contribution in [0.4, 0.5) is 0 Å². The summed E-state index contributed by atoms with van der Waals surface area (Å²) < 4.78 is 80.6. The van der Waals surface area contributed by atoms with Crippen LogP contribution in [0.25, 0.3) is 77.1 Å². The summed E-state index contributed by atoms with van der Waals surface area (Å²) in [6.07, 6.45) is 6.17. The number of allylic oxidation sites excluding steroid dienone is 2. The maximum atomic E-state index is 11.7. The van der Waals surface area contributed by atoms with Crippen LogP contribution in [0, 0.1) is 38.5 Å². The first-order chi connectivity index (χ1) is 31.3. The fourth-order valence-electron chi connectivity index (χ4n) is 7.50. The summed E-state index contributed by atoms with van der Waals surface area (Å²) in [5.74, 6) is 0.547. The van der Waals surface area contributed by atoms with Crippen molar-refractivity contribution >= 4 is 49.4 Å². The Bertz CT molecular complexity index is 3100. The van der Waals surface area contributed by atoms with Gasteiger partial charge in [-0.05, 0) is 114 Å². The molecule has 0 saturated heterocycles. The Morgan fingerprint density at radius 2 is 1.45 bits per heavy atom. The summed E-state index contributed by atoms with van der Waals surface area (Å²) in [6.45, 7) is 0.474. The number of pyridine rings is 2. The zero-order chi connectivity index (χ0) is 47.7. The fraction of sp³-hybridized carbons (Fsp3) is 0.250. The van der Waals surface area contributed by atoms with Crippen molar-refractivity contribution in [2.75, 3.05) is 0 Å². The molecule has 0 spiro atoms. The van der Waals surface area contributed by atoms with Gasteiger partial charge in [0, 0.05) is 73.0 Å². The number of rotatable bonds is 10. The van der Waals surface area contributed by atoms with Crippen molar-refractivity contribution in [1.82, 2.24) is 9.97 Å². The van der Waals surface area contributed by atoms with E-state index in [4.69, 9.17) is 16.8 Å². The topological polar surface area (TPSA) is 76.2 Å². The van der Waals surface area contributed by atoms with Crippen LogP contribution in [0.15, 0.2) is 126 Å². The molecule has 0 aliphatic carbocycles. The molecule has 0 aliphatic heterocycles. The van der Waals surface area contributed by atoms with E-state index in [0.717, 1.165) is 42.2 Å². The van der Waals surface area contributed by atoms with E-state index in [2.05, 4.69) is 16.0 Å². The van der Waals surface area contributed by atoms with E-state index in [-0.39, 0.29) is 71.4 Å². The average Bonchev–Trinajstić information content (AvgIpc) is 3.68. The molecule has 0 amide bonds. The Hall–Kier alpha value is -5.42. The molecule has 0 unspecified atom stereocenters. The second-order valence-electron chi connectivity index (χ2n) is 14.3. The molecule has 3 heterocycles. The molecule has 5 nitrogen and oxygen atoms in total. The second-order valence-corrected chi connectivity index (χ2v) is 14.3. The van der Waals surface area contributed by atoms with Gasteiger partial charge in [0.25, 0.3) is 0 Å². The van der Waals surface area contributed by atoms with E-state index in [1.54, 1.807) is 30.3 Å². The van der Waals surface area contributed by atoms with Gasteiger partial charge in [0.1, 0.15) is 11.1 Å². The molecule has 3 aromatic heterocycles. The van der Waals surface area contributed by atoms with E-state index in [9.17, 15) is 9.90 Å². The molecular weight excluding hydrogens is 893 g/mol. The minimum atomic E-state index is -2.61. The molecule has 8 aromatic rings. The van der Waals surface area contributed by atoms with Gasteiger partial charge in [-0.15, -0.1) is 18.2 Å². The van der Waals surface area contributed by atoms with Gasteiger partial charge in [-0.2, -0.15) is 0 Å². The zero-order valence-corrected chi connectivity index (χ0v) is 35.3. The van der Waals surface area contributed by atoms with Gasteiger partial charge in [-0.1, -0.05) is 111 Å². The van der Waals surface area contributed by atoms with Crippen molar-refractivity contribution in [1.29, 1.82) is 0 Å². The molecule has 58 heavy (non-hydrogen) atoms. The molecule has 0 saturated carbocycles. The van der Waals surface area contributed by atoms with Gasteiger partial charge in [-0.3, -0.25) is 4.79 Å². The molecule has 1 N–H and O–H groups in total. The van der Waals surface area contributed by atoms with Crippen molar-refractivity contribution in [2.24, 2.45) is 11.8 Å². The number of carbonyl (C=O) groups is 1. The predicted molar refractivity (Wildman–Crippen MR) is 238 cm³/mol. The number of aromatic nitrogens is 2. The van der Waals surface area contributed by atoms with E-state index in [0.29, 0.717) is 49.5 Å². The minimum absolute atomic E-state index is 0. The van der Waals surface area contributed by atoms with E-state index in [1.807, 2.05) is 94.4 Å². The average molecular weight is 953 g/mol. The molecule has 5 aromatic carbocycles. The third-order valence-corrected chi connectivity index (χ3v) is 10.9. The Labute approximate surface area is 368 Å². The molecule has 8 rings (SSSR count). The summed E-state index contributed by atoms with van der Waals surface area (Å²) in [5, 5.41) is 13.3. The number of hydrogen-bond acceptors (Lipinski definition) is 5. The molecular formula is C52H51IrN2O3-. The normalized spacial score (nSPS) is 14.7. The zero-order valence-electron chi connectivity index (χ0n) is 41.9. The van der Waals surface area contributed by atoms with Crippen LogP contribution in [-0.2, 0) is 24.9 Å². The number of benzene rings is 5. The summed E-state index contributed by atoms with van der Waals surface area (Å²) in [7, 11) is 0. The summed E-state index contributed by atoms with van der Waals surface area (Å²) in [6, 6.07) is 34.1. The van der Waals surface area contributed by atoms with Crippen molar-refractivity contribution in [3.8, 4) is 33.5 Å². The minimum Gasteiger partial charge on any atom is -0.512 e. The smallest absolute Gasteiger partial charge is 0.162 e. The maximum absolute atomic E-state index is 11.7. The van der Waals surface area contributed by atoms with Crippen LogP contribution in [0.1, 0.15) is 82.5 Å². The SMILES string of the molecule is CCC(CC)C(=O)/C=C(\O)C(CC)CC.[2H]C([2H])([2H])c1ccc2ccc3c4cc[c-]c(-c5cc(-c6cc7ccc(-c8ccccc8)cc7cc6C([2H])([2H])[2H])c(C([2H])([2H])[2H])cn5)c4oc3c2n1.[Ir]. The summed E-state index contributed by atoms with van der Waals surface area (Å²) >= 11 is 0. The van der Waals surface area contributed by atoms with Gasteiger partial charge >= 0.3 is 0 Å². The molecule has 6 heteroatoms. The molecule has 0 bridgehead atoms. The van der Waals surface area contributed by atoms with E-state index in [1.165, 1.54) is 18.3 Å². The largest absolute Gasteiger partial charge is 0.512 e. The van der Waals surface area contributed by atoms with Crippen molar-refractivity contribution in [3.63, 3.8) is 0 Å². The van der Waals surface area contributed by atoms with Gasteiger partial charge < -0.3 is 14.5 Å². The Kier molecular flexibility index (Phi) is 10.0. The van der Waals surface area contributed by atoms with Gasteiger partial charge in [-0.25, -0.2) is 4.98 Å². The van der Waals surface area contributed by atoms with Crippen molar-refractivity contribution in [2.45, 2.75) is 73.9 Å². The van der Waals surface area contributed by atoms with Crippen LogP contribution in [0.2, 0.25) is 0 Å². The van der Waals surface area contributed by atoms with Crippen LogP contribution >= 0.6 is 0 Å². The van der Waals surface area contributed by atoms with Crippen LogP contribution in [0.5, 0.6) is 0 Å². The number of carbonyl (C=O) groups excluding carboxylic acids is 1. The maximum Gasteiger partial charge on any atom is 0.162 e. The third-order valence-electron chi connectivity index (χ3n) is 10.9. The second kappa shape index (κ2) is 18.4. The number of nitrogens with zero attached hydrogens (tertiary/aromatic N) is 2. The van der Waals surface area contributed by atoms with Gasteiger partial charge in [0.05, 0.1) is 11.3 Å². The molecule has 0 fully saturated rings. The molecule has 297 valence electrons. The summed E-state index contributed by atoms with van der Waals surface area (Å²) in [4.78, 5) is 20.7. The van der Waals surface area contributed by atoms with Crippen molar-refractivity contribution in [3.05, 3.63) is 144 Å². The molecule has 0 aliphatic rings. The van der Waals surface area contributed by atoms with E-state index >= 15 is 0 Å². The Balaban J connectivity index is 0.000000401. The molecule has 0 atom stereocenters. The first-order valence-electron chi connectivity index (χ1n) is 24.0. The van der Waals surface area contributed by atoms with Crippen LogP contribution < -0.4 is 0 Å². The number of hydrogen-bond donors (Lipinski definition) is 1. The number of fused-ring (bicyclic) bond motifs is 6. The Morgan fingerprint density at radius 1 is 0.741 bits per heavy atom. The fourth-order valence-corrected chi connectivity index (χ4v) is 7.50. The predicted octanol–water partition coefficient (Wildman–Crippen LogP) is 14.3. The van der Waals surface area contributed by atoms with E-state index < -0.39 is 20.6 Å². The number of furan rings is 1. The third kappa shape index (κ3) is 8.55. The monoisotopic (exact) mass is 953 g/mol. The molecule has 1 radical (unpaired) electrons. The Morgan fingerprint density at radius 3 is 2.17 bits per heavy atom. The standard InChI is InChI=1S/C39H27N2O.C13H24O2.Ir/c1-23-18-30-19-28(26-8-5-4-6-9-26)14-15-29(30)20-34(23)35-21-36(40-22-24(35)2)33-11-7-10-31-32-17-16-27-13-12-25(3)41-37(27)39(32)42-38(31)33;1-5-10(6-2)12(14)9-13(15)11(7-3)8-4;/h4-10,12-22H,1-3H3;9-11,14H,5-8H2,1-4H3;/q-1;;/b;12-9-;/i1D3,2D3,3D3;;. The van der Waals surface area contributed by atoms with Crippen LogP contribution in [0.3, 0.4) is 0 Å². The number of aryl methyl sites for hydroxylation is 3. The number of aliphatic hydroxyl groups is 1. The van der Waals surface area contributed by atoms with Crippen LogP contribution in [-0.4, -0.2) is 20.9 Å². The number of ketones is 1.